The molecule has 0 unspecified atom stereocenters. The van der Waals surface area contributed by atoms with Crippen LogP contribution in [0.1, 0.15) is 8.35 Å². The largest absolute Gasteiger partial charge is 1.00 e. The Morgan fingerprint density at radius 1 is 2.00 bits per heavy atom. The third kappa shape index (κ3) is 9.07. The van der Waals surface area contributed by atoms with E-state index in [0.717, 1.165) is 0 Å². The van der Waals surface area contributed by atoms with E-state index in [1.54, 1.807) is 0 Å². The van der Waals surface area contributed by atoms with Crippen molar-refractivity contribution in [3.8, 4) is 0 Å². The van der Waals surface area contributed by atoms with Gasteiger partial charge >= 0.3 is 57.4 Å². The van der Waals surface area contributed by atoms with Crippen LogP contribution >= 0.6 is 12.9 Å². The van der Waals surface area contributed by atoms with Gasteiger partial charge in [0, 0.05) is 19.8 Å². The molecule has 0 fully saturated rings. The minimum atomic E-state index is -0.381. The molecule has 2 nitrogen and oxygen atoms in total. The van der Waals surface area contributed by atoms with Gasteiger partial charge in [0.05, 0.1) is 0 Å². The molecule has 4 heteroatoms. The van der Waals surface area contributed by atoms with Crippen LogP contribution in [0.2, 0.25) is 0 Å². The SMILES string of the molecule is CC(=O)OS.[H-].[K+]. The molecule has 0 amide bonds. The van der Waals surface area contributed by atoms with Crippen LogP contribution in [-0.4, -0.2) is 5.97 Å². The molecular weight excluding hydrogens is 127 g/mol. The van der Waals surface area contributed by atoms with E-state index in [2.05, 4.69) is 17.1 Å². The molecule has 0 saturated heterocycles. The first kappa shape index (κ1) is 10.4. The van der Waals surface area contributed by atoms with Crippen LogP contribution in [0.25, 0.3) is 0 Å². The van der Waals surface area contributed by atoms with Gasteiger partial charge in [0.15, 0.2) is 0 Å². The number of carbonyl (C=O) groups excluding carboxylic acids is 1. The van der Waals surface area contributed by atoms with Crippen molar-refractivity contribution in [1.82, 2.24) is 0 Å². The molecule has 0 aliphatic carbocycles. The molecule has 6 heavy (non-hydrogen) atoms. The summed E-state index contributed by atoms with van der Waals surface area (Å²) in [4.78, 5) is 9.51. The Morgan fingerprint density at radius 2 is 2.17 bits per heavy atom. The van der Waals surface area contributed by atoms with Gasteiger partial charge in [0.2, 0.25) is 0 Å². The van der Waals surface area contributed by atoms with Gasteiger partial charge in [-0.05, 0) is 0 Å². The smallest absolute Gasteiger partial charge is 1.00 e. The van der Waals surface area contributed by atoms with Crippen LogP contribution < -0.4 is 51.4 Å². The minimum absolute atomic E-state index is 0. The summed E-state index contributed by atoms with van der Waals surface area (Å²) >= 11 is 3.17. The number of hydrogen-bond donors (Lipinski definition) is 1. The normalized spacial score (nSPS) is 5.67. The van der Waals surface area contributed by atoms with Crippen LogP contribution in [0.3, 0.4) is 0 Å². The van der Waals surface area contributed by atoms with Crippen molar-refractivity contribution in [2.24, 2.45) is 0 Å². The first-order valence-corrected chi connectivity index (χ1v) is 1.46. The van der Waals surface area contributed by atoms with Crippen molar-refractivity contribution in [3.63, 3.8) is 0 Å². The molecule has 0 saturated carbocycles. The molecule has 0 aromatic rings. The molecule has 0 heterocycles. The summed E-state index contributed by atoms with van der Waals surface area (Å²) in [6.07, 6.45) is 0. The van der Waals surface area contributed by atoms with Crippen LogP contribution in [0.4, 0.5) is 0 Å². The van der Waals surface area contributed by atoms with Crippen molar-refractivity contribution in [1.29, 1.82) is 0 Å². The maximum atomic E-state index is 9.51. The number of carbonyl (C=O) groups is 1. The van der Waals surface area contributed by atoms with E-state index in [9.17, 15) is 4.79 Å². The van der Waals surface area contributed by atoms with Gasteiger partial charge in [-0.1, -0.05) is 0 Å². The third-order valence-electron chi connectivity index (χ3n) is 0.129. The van der Waals surface area contributed by atoms with Gasteiger partial charge in [-0.15, -0.1) is 0 Å². The Hall–Kier alpha value is 1.46. The van der Waals surface area contributed by atoms with Gasteiger partial charge in [-0.25, -0.2) is 0 Å². The summed E-state index contributed by atoms with van der Waals surface area (Å²) in [5.74, 6) is -0.381. The standard InChI is InChI=1S/C2H4O2S.K.H/c1-2(3)4-5;;/h5H,1H3;;/q;+1;-1. The average Bonchev–Trinajstić information content (AvgIpc) is 1.38. The van der Waals surface area contributed by atoms with Crippen molar-refractivity contribution in [2.75, 3.05) is 0 Å². The molecular formula is C2H5KO2S. The molecule has 32 valence electrons. The average molecular weight is 132 g/mol. The first-order valence-electron chi connectivity index (χ1n) is 1.09. The van der Waals surface area contributed by atoms with E-state index < -0.39 is 0 Å². The molecule has 0 rings (SSSR count). The van der Waals surface area contributed by atoms with Crippen LogP contribution in [0.15, 0.2) is 0 Å². The van der Waals surface area contributed by atoms with E-state index >= 15 is 0 Å². The molecule has 0 aromatic heterocycles. The molecule has 0 spiro atoms. The summed E-state index contributed by atoms with van der Waals surface area (Å²) in [7, 11) is 0. The fraction of sp³-hybridized carbons (Fsp3) is 0.500. The number of thiol groups is 1. The third-order valence-corrected chi connectivity index (χ3v) is 0.386. The molecule has 0 aliphatic rings. The maximum absolute atomic E-state index is 9.51. The quantitative estimate of drug-likeness (QED) is 0.224. The minimum Gasteiger partial charge on any atom is -1.00 e. The van der Waals surface area contributed by atoms with Gasteiger partial charge in [-0.2, -0.15) is 0 Å². The second-order valence-electron chi connectivity index (χ2n) is 0.583. The summed E-state index contributed by atoms with van der Waals surface area (Å²) in [5.41, 5.74) is 0. The van der Waals surface area contributed by atoms with Gasteiger partial charge in [0.1, 0.15) is 0 Å². The number of rotatable bonds is 0. The van der Waals surface area contributed by atoms with Crippen LogP contribution in [-0.2, 0) is 8.98 Å². The van der Waals surface area contributed by atoms with E-state index in [0.29, 0.717) is 0 Å². The predicted molar refractivity (Wildman–Crippen MR) is 21.9 cm³/mol. The molecule has 0 radical (unpaired) electrons. The van der Waals surface area contributed by atoms with Crippen molar-refractivity contribution < 1.29 is 61.8 Å². The second-order valence-corrected chi connectivity index (χ2v) is 0.765. The van der Waals surface area contributed by atoms with Gasteiger partial charge in [0.25, 0.3) is 0 Å². The maximum Gasteiger partial charge on any atom is 1.00 e. The first-order chi connectivity index (χ1) is 2.27. The summed E-state index contributed by atoms with van der Waals surface area (Å²) < 4.78 is 3.81. The number of hydrogen-bond acceptors (Lipinski definition) is 3. The van der Waals surface area contributed by atoms with E-state index in [4.69, 9.17) is 0 Å². The summed E-state index contributed by atoms with van der Waals surface area (Å²) in [6, 6.07) is 0. The Balaban J connectivity index is -0.0000000800. The molecule has 0 aliphatic heterocycles. The van der Waals surface area contributed by atoms with Crippen molar-refractivity contribution >= 4 is 18.9 Å². The fourth-order valence-corrected chi connectivity index (χ4v) is 0. The Kier molecular flexibility index (Phi) is 11.2. The van der Waals surface area contributed by atoms with Crippen LogP contribution in [0, 0.1) is 0 Å². The van der Waals surface area contributed by atoms with Crippen molar-refractivity contribution in [3.05, 3.63) is 0 Å². The Labute approximate surface area is 86.2 Å². The van der Waals surface area contributed by atoms with Crippen LogP contribution in [0.5, 0.6) is 0 Å². The molecule has 0 bridgehead atoms. The zero-order valence-electron chi connectivity index (χ0n) is 4.76. The summed E-state index contributed by atoms with van der Waals surface area (Å²) in [6.45, 7) is 1.28. The Bertz CT molecular complexity index is 51.0. The van der Waals surface area contributed by atoms with E-state index in [-0.39, 0.29) is 58.8 Å². The van der Waals surface area contributed by atoms with Crippen molar-refractivity contribution in [2.45, 2.75) is 6.92 Å². The van der Waals surface area contributed by atoms with Gasteiger partial charge < -0.3 is 5.61 Å². The van der Waals surface area contributed by atoms with E-state index in [1.165, 1.54) is 6.92 Å². The van der Waals surface area contributed by atoms with E-state index in [1.807, 2.05) is 0 Å². The van der Waals surface area contributed by atoms with Gasteiger partial charge in [-0.3, -0.25) is 4.79 Å². The predicted octanol–water partition coefficient (Wildman–Crippen LogP) is -2.49. The molecule has 0 atom stereocenters. The topological polar surface area (TPSA) is 26.3 Å². The fourth-order valence-electron chi connectivity index (χ4n) is 0. The zero-order valence-corrected chi connectivity index (χ0v) is 7.78. The Morgan fingerprint density at radius 3 is 2.17 bits per heavy atom. The molecule has 0 N–H and O–H groups in total. The summed E-state index contributed by atoms with van der Waals surface area (Å²) in [5, 5.41) is 0. The second kappa shape index (κ2) is 6.46. The zero-order chi connectivity index (χ0) is 4.28. The molecule has 0 aromatic carbocycles. The monoisotopic (exact) mass is 132 g/mol.